The van der Waals surface area contributed by atoms with Gasteiger partial charge in [-0.05, 0) is 31.4 Å². The lowest BCUT2D eigenvalue weighted by molar-refractivity contribution is -0.148. The minimum absolute atomic E-state index is 0.0516. The van der Waals surface area contributed by atoms with Crippen LogP contribution < -0.4 is 10.6 Å². The van der Waals surface area contributed by atoms with E-state index in [-0.39, 0.29) is 25.3 Å². The summed E-state index contributed by atoms with van der Waals surface area (Å²) in [6, 6.07) is 7.76. The van der Waals surface area contributed by atoms with E-state index in [1.165, 1.54) is 0 Å². The quantitative estimate of drug-likeness (QED) is 0.522. The van der Waals surface area contributed by atoms with Crippen molar-refractivity contribution in [3.8, 4) is 0 Å². The van der Waals surface area contributed by atoms with Crippen molar-refractivity contribution in [2.45, 2.75) is 44.1 Å². The van der Waals surface area contributed by atoms with Gasteiger partial charge in [0.1, 0.15) is 5.54 Å². The van der Waals surface area contributed by atoms with Gasteiger partial charge in [0, 0.05) is 18.5 Å². The molecule has 2 aliphatic rings. The number of imide groups is 2. The highest BCUT2D eigenvalue weighted by Gasteiger charge is 2.52. The Bertz CT molecular complexity index is 817. The third-order valence-electron chi connectivity index (χ3n) is 5.12. The number of hydrogen-bond donors (Lipinski definition) is 2. The third-order valence-corrected chi connectivity index (χ3v) is 5.12. The second kappa shape index (κ2) is 8.85. The minimum Gasteiger partial charge on any atom is -0.456 e. The number of nitrogens with one attached hydrogen (secondary N) is 2. The molecule has 0 radical (unpaired) electrons. The van der Waals surface area contributed by atoms with Gasteiger partial charge in [0.05, 0.1) is 0 Å². The van der Waals surface area contributed by atoms with Gasteiger partial charge in [-0.25, -0.2) is 4.79 Å². The van der Waals surface area contributed by atoms with Crippen LogP contribution in [-0.2, 0) is 19.1 Å². The first-order chi connectivity index (χ1) is 13.9. The first kappa shape index (κ1) is 20.5. The fourth-order valence-electron chi connectivity index (χ4n) is 3.62. The van der Waals surface area contributed by atoms with Gasteiger partial charge in [-0.2, -0.15) is 0 Å². The maximum Gasteiger partial charge on any atom is 0.325 e. The number of esters is 1. The molecule has 1 saturated heterocycles. The Balaban J connectivity index is 1.36. The molecule has 1 aromatic carbocycles. The van der Waals surface area contributed by atoms with Gasteiger partial charge >= 0.3 is 12.0 Å². The Kier molecular flexibility index (Phi) is 6.26. The Morgan fingerprint density at radius 3 is 2.48 bits per heavy atom. The topological polar surface area (TPSA) is 122 Å². The van der Waals surface area contributed by atoms with Crippen LogP contribution >= 0.6 is 0 Å². The molecular formula is C20H23N3O6. The summed E-state index contributed by atoms with van der Waals surface area (Å²) in [6.45, 7) is -0.468. The lowest BCUT2D eigenvalue weighted by atomic mass is 9.98. The van der Waals surface area contributed by atoms with Crippen LogP contribution in [0.4, 0.5) is 4.79 Å². The van der Waals surface area contributed by atoms with Crippen LogP contribution in [0.15, 0.2) is 30.3 Å². The highest BCUT2D eigenvalue weighted by Crippen LogP contribution is 2.35. The normalized spacial score (nSPS) is 17.3. The molecular weight excluding hydrogens is 378 g/mol. The maximum absolute atomic E-state index is 12.5. The van der Waals surface area contributed by atoms with Crippen molar-refractivity contribution in [3.63, 3.8) is 0 Å². The molecule has 1 heterocycles. The molecule has 1 aromatic rings. The molecule has 1 spiro atoms. The van der Waals surface area contributed by atoms with E-state index in [2.05, 4.69) is 10.6 Å². The van der Waals surface area contributed by atoms with Crippen molar-refractivity contribution in [1.29, 1.82) is 0 Å². The zero-order valence-electron chi connectivity index (χ0n) is 15.9. The summed E-state index contributed by atoms with van der Waals surface area (Å²) < 4.78 is 4.85. The van der Waals surface area contributed by atoms with E-state index in [0.29, 0.717) is 18.4 Å². The van der Waals surface area contributed by atoms with Crippen LogP contribution in [0.1, 0.15) is 48.9 Å². The molecule has 2 N–H and O–H groups in total. The van der Waals surface area contributed by atoms with Gasteiger partial charge in [0.2, 0.25) is 0 Å². The third kappa shape index (κ3) is 4.79. The summed E-state index contributed by atoms with van der Waals surface area (Å²) in [5, 5.41) is 4.91. The number of rotatable bonds is 7. The number of hydrogen-bond acceptors (Lipinski definition) is 6. The fourth-order valence-corrected chi connectivity index (χ4v) is 3.62. The average molecular weight is 401 g/mol. The summed E-state index contributed by atoms with van der Waals surface area (Å²) >= 11 is 0. The predicted octanol–water partition coefficient (Wildman–Crippen LogP) is 1.13. The van der Waals surface area contributed by atoms with Gasteiger partial charge in [0.15, 0.2) is 6.61 Å². The van der Waals surface area contributed by atoms with Gasteiger partial charge in [-0.1, -0.05) is 31.0 Å². The molecule has 0 atom stereocenters. The molecule has 9 heteroatoms. The highest BCUT2D eigenvalue weighted by atomic mass is 16.5. The largest absolute Gasteiger partial charge is 0.456 e. The zero-order chi connectivity index (χ0) is 20.9. The van der Waals surface area contributed by atoms with Crippen LogP contribution in [0.3, 0.4) is 0 Å². The van der Waals surface area contributed by atoms with E-state index in [9.17, 15) is 24.0 Å². The number of nitrogens with zero attached hydrogens (tertiary/aromatic N) is 1. The smallest absolute Gasteiger partial charge is 0.325 e. The van der Waals surface area contributed by atoms with Crippen LogP contribution in [-0.4, -0.2) is 53.3 Å². The molecule has 0 aromatic heterocycles. The molecule has 29 heavy (non-hydrogen) atoms. The van der Waals surface area contributed by atoms with Gasteiger partial charge in [-0.3, -0.25) is 29.4 Å². The highest BCUT2D eigenvalue weighted by molar-refractivity contribution is 6.07. The van der Waals surface area contributed by atoms with Gasteiger partial charge in [-0.15, -0.1) is 0 Å². The number of amides is 5. The van der Waals surface area contributed by atoms with E-state index >= 15 is 0 Å². The summed E-state index contributed by atoms with van der Waals surface area (Å²) in [4.78, 5) is 61.1. The summed E-state index contributed by atoms with van der Waals surface area (Å²) in [6.07, 6.45) is 3.28. The number of benzene rings is 1. The van der Waals surface area contributed by atoms with Gasteiger partial charge in [0.25, 0.3) is 17.7 Å². The van der Waals surface area contributed by atoms with E-state index in [1.807, 2.05) is 0 Å². The van der Waals surface area contributed by atoms with Crippen LogP contribution in [0.5, 0.6) is 0 Å². The Labute approximate surface area is 167 Å². The molecule has 1 aliphatic carbocycles. The van der Waals surface area contributed by atoms with Crippen molar-refractivity contribution in [3.05, 3.63) is 35.9 Å². The molecule has 1 aliphatic heterocycles. The summed E-state index contributed by atoms with van der Waals surface area (Å²) in [5.41, 5.74) is -0.443. The molecule has 9 nitrogen and oxygen atoms in total. The SMILES string of the molecule is O=C(COC(=O)CCCN1C(=O)NC2(CCCC2)C1=O)NC(=O)c1ccccc1. The van der Waals surface area contributed by atoms with Crippen molar-refractivity contribution >= 4 is 29.7 Å². The van der Waals surface area contributed by atoms with E-state index in [4.69, 9.17) is 4.74 Å². The molecule has 2 fully saturated rings. The number of ether oxygens (including phenoxy) is 1. The molecule has 0 unspecified atom stereocenters. The Hall–Kier alpha value is -3.23. The lowest BCUT2D eigenvalue weighted by Crippen LogP contribution is -2.44. The van der Waals surface area contributed by atoms with Crippen molar-refractivity contribution in [2.24, 2.45) is 0 Å². The van der Waals surface area contributed by atoms with Crippen LogP contribution in [0.2, 0.25) is 0 Å². The van der Waals surface area contributed by atoms with Crippen LogP contribution in [0.25, 0.3) is 0 Å². The zero-order valence-corrected chi connectivity index (χ0v) is 15.9. The Morgan fingerprint density at radius 2 is 1.79 bits per heavy atom. The summed E-state index contributed by atoms with van der Waals surface area (Å²) in [5.74, 6) is -2.18. The summed E-state index contributed by atoms with van der Waals surface area (Å²) in [7, 11) is 0. The van der Waals surface area contributed by atoms with E-state index in [0.717, 1.165) is 17.7 Å². The minimum atomic E-state index is -0.763. The van der Waals surface area contributed by atoms with E-state index < -0.39 is 36.0 Å². The van der Waals surface area contributed by atoms with Crippen molar-refractivity contribution in [1.82, 2.24) is 15.5 Å². The lowest BCUT2D eigenvalue weighted by Gasteiger charge is -2.19. The molecule has 3 rings (SSSR count). The van der Waals surface area contributed by atoms with E-state index in [1.54, 1.807) is 30.3 Å². The molecule has 154 valence electrons. The van der Waals surface area contributed by atoms with Crippen molar-refractivity contribution < 1.29 is 28.7 Å². The van der Waals surface area contributed by atoms with Crippen molar-refractivity contribution in [2.75, 3.05) is 13.2 Å². The first-order valence-electron chi connectivity index (χ1n) is 9.60. The monoisotopic (exact) mass is 401 g/mol. The fraction of sp³-hybridized carbons (Fsp3) is 0.450. The first-order valence-corrected chi connectivity index (χ1v) is 9.60. The molecule has 0 bridgehead atoms. The number of carbonyl (C=O) groups is 5. The molecule has 1 saturated carbocycles. The van der Waals surface area contributed by atoms with Gasteiger partial charge < -0.3 is 10.1 Å². The standard InChI is InChI=1S/C20H23N3O6/c24-15(21-17(26)14-7-2-1-3-8-14)13-29-16(25)9-6-12-23-18(27)20(22-19(23)28)10-4-5-11-20/h1-3,7-8H,4-6,9-13H2,(H,22,28)(H,21,24,26). The van der Waals surface area contributed by atoms with Crippen LogP contribution in [0, 0.1) is 0 Å². The second-order valence-electron chi connectivity index (χ2n) is 7.18. The molecule has 5 amide bonds. The maximum atomic E-state index is 12.5. The predicted molar refractivity (Wildman–Crippen MR) is 101 cm³/mol. The number of carbonyl (C=O) groups excluding carboxylic acids is 5. The Morgan fingerprint density at radius 1 is 1.10 bits per heavy atom. The number of urea groups is 1. The average Bonchev–Trinajstić information content (AvgIpc) is 3.27. The second-order valence-corrected chi connectivity index (χ2v) is 7.18.